The summed E-state index contributed by atoms with van der Waals surface area (Å²) < 4.78 is 10.2. The second-order valence-electron chi connectivity index (χ2n) is 5.70. The Hall–Kier alpha value is -3.40. The molecule has 0 aromatic heterocycles. The molecule has 0 aliphatic heterocycles. The fourth-order valence-electron chi connectivity index (χ4n) is 2.54. The third-order valence-corrected chi connectivity index (χ3v) is 3.92. The highest BCUT2D eigenvalue weighted by Crippen LogP contribution is 2.16. The molecule has 0 N–H and O–H groups in total. The molecule has 0 saturated heterocycles. The van der Waals surface area contributed by atoms with Crippen LogP contribution in [0.15, 0.2) is 72.8 Å². The number of Topliss-reactive ketones (excluding diaryl/α,β-unsaturated/α-hetero) is 1. The smallest absolute Gasteiger partial charge is 0.331 e. The molecule has 0 aliphatic rings. The van der Waals surface area contributed by atoms with Gasteiger partial charge in [-0.3, -0.25) is 4.79 Å². The van der Waals surface area contributed by atoms with E-state index in [2.05, 4.69) is 0 Å². The van der Waals surface area contributed by atoms with Crippen molar-refractivity contribution in [1.29, 1.82) is 0 Å². The van der Waals surface area contributed by atoms with Gasteiger partial charge in [0.2, 0.25) is 0 Å². The number of fused-ring (bicyclic) bond motifs is 1. The number of methoxy groups -OCH3 is 1. The summed E-state index contributed by atoms with van der Waals surface area (Å²) in [4.78, 5) is 24.1. The normalized spacial score (nSPS) is 10.8. The fraction of sp³-hybridized carbons (Fsp3) is 0.0909. The van der Waals surface area contributed by atoms with Crippen LogP contribution in [0.25, 0.3) is 16.8 Å². The first-order valence-corrected chi connectivity index (χ1v) is 8.16. The van der Waals surface area contributed by atoms with E-state index in [-0.39, 0.29) is 12.4 Å². The van der Waals surface area contributed by atoms with Gasteiger partial charge in [-0.15, -0.1) is 0 Å². The summed E-state index contributed by atoms with van der Waals surface area (Å²) in [6, 6.07) is 20.5. The molecule has 0 heterocycles. The van der Waals surface area contributed by atoms with E-state index in [1.165, 1.54) is 6.08 Å². The largest absolute Gasteiger partial charge is 0.497 e. The molecule has 0 radical (unpaired) electrons. The van der Waals surface area contributed by atoms with Gasteiger partial charge in [0.05, 0.1) is 7.11 Å². The van der Waals surface area contributed by atoms with Crippen molar-refractivity contribution < 1.29 is 19.1 Å². The van der Waals surface area contributed by atoms with Gasteiger partial charge in [0.25, 0.3) is 0 Å². The maximum absolute atomic E-state index is 12.2. The van der Waals surface area contributed by atoms with Gasteiger partial charge >= 0.3 is 5.97 Å². The number of rotatable bonds is 6. The lowest BCUT2D eigenvalue weighted by atomic mass is 10.0. The first-order valence-electron chi connectivity index (χ1n) is 8.16. The van der Waals surface area contributed by atoms with Gasteiger partial charge in [-0.1, -0.05) is 48.5 Å². The Morgan fingerprint density at radius 2 is 1.73 bits per heavy atom. The van der Waals surface area contributed by atoms with Crippen molar-refractivity contribution in [2.45, 2.75) is 0 Å². The van der Waals surface area contributed by atoms with Crippen LogP contribution in [0, 0.1) is 0 Å². The van der Waals surface area contributed by atoms with Crippen LogP contribution < -0.4 is 4.74 Å². The molecule has 0 bridgehead atoms. The van der Waals surface area contributed by atoms with Gasteiger partial charge in [0.1, 0.15) is 5.75 Å². The van der Waals surface area contributed by atoms with Gasteiger partial charge in [-0.25, -0.2) is 4.79 Å². The summed E-state index contributed by atoms with van der Waals surface area (Å²) in [5.41, 5.74) is 1.33. The second-order valence-corrected chi connectivity index (χ2v) is 5.70. The predicted octanol–water partition coefficient (Wildman–Crippen LogP) is 4.29. The van der Waals surface area contributed by atoms with Crippen molar-refractivity contribution in [3.8, 4) is 5.75 Å². The number of esters is 1. The zero-order chi connectivity index (χ0) is 18.4. The van der Waals surface area contributed by atoms with Gasteiger partial charge in [0.15, 0.2) is 12.4 Å². The highest BCUT2D eigenvalue weighted by Gasteiger charge is 2.09. The summed E-state index contributed by atoms with van der Waals surface area (Å²) in [6.45, 7) is -0.292. The van der Waals surface area contributed by atoms with Crippen molar-refractivity contribution in [3.05, 3.63) is 83.9 Å². The summed E-state index contributed by atoms with van der Waals surface area (Å²) >= 11 is 0. The number of benzene rings is 3. The summed E-state index contributed by atoms with van der Waals surface area (Å²) in [5, 5.41) is 2.03. The fourth-order valence-corrected chi connectivity index (χ4v) is 2.54. The Balaban J connectivity index is 1.59. The van der Waals surface area contributed by atoms with E-state index in [4.69, 9.17) is 9.47 Å². The van der Waals surface area contributed by atoms with E-state index in [1.54, 1.807) is 31.4 Å². The average Bonchev–Trinajstić information content (AvgIpc) is 2.70. The number of hydrogen-bond acceptors (Lipinski definition) is 4. The Bertz CT molecular complexity index is 973. The van der Waals surface area contributed by atoms with Crippen LogP contribution in [0.4, 0.5) is 0 Å². The zero-order valence-electron chi connectivity index (χ0n) is 14.3. The molecular weight excluding hydrogens is 328 g/mol. The number of ether oxygens (including phenoxy) is 2. The first-order chi connectivity index (χ1) is 12.7. The van der Waals surface area contributed by atoms with Crippen LogP contribution in [0.1, 0.15) is 15.9 Å². The van der Waals surface area contributed by atoms with Crippen LogP contribution in [0.3, 0.4) is 0 Å². The number of hydrogen-bond donors (Lipinski definition) is 0. The lowest BCUT2D eigenvalue weighted by Gasteiger charge is -2.04. The lowest BCUT2D eigenvalue weighted by Crippen LogP contribution is -2.12. The molecule has 3 aromatic rings. The first kappa shape index (κ1) is 17.4. The van der Waals surface area contributed by atoms with E-state index in [0.29, 0.717) is 11.3 Å². The van der Waals surface area contributed by atoms with Crippen LogP contribution in [0.5, 0.6) is 5.75 Å². The highest BCUT2D eigenvalue weighted by atomic mass is 16.5. The van der Waals surface area contributed by atoms with Crippen LogP contribution in [0.2, 0.25) is 0 Å². The molecule has 3 aromatic carbocycles. The predicted molar refractivity (Wildman–Crippen MR) is 101 cm³/mol. The average molecular weight is 346 g/mol. The van der Waals surface area contributed by atoms with Crippen LogP contribution >= 0.6 is 0 Å². The van der Waals surface area contributed by atoms with Crippen molar-refractivity contribution in [1.82, 2.24) is 0 Å². The highest BCUT2D eigenvalue weighted by molar-refractivity contribution is 6.01. The molecule has 4 nitrogen and oxygen atoms in total. The molecule has 0 saturated carbocycles. The minimum Gasteiger partial charge on any atom is -0.497 e. The maximum atomic E-state index is 12.2. The third-order valence-electron chi connectivity index (χ3n) is 3.92. The van der Waals surface area contributed by atoms with E-state index in [9.17, 15) is 9.59 Å². The third kappa shape index (κ3) is 4.36. The quantitative estimate of drug-likeness (QED) is 0.380. The Labute approximate surface area is 151 Å². The number of carbonyl (C=O) groups excluding carboxylic acids is 2. The molecule has 0 fully saturated rings. The summed E-state index contributed by atoms with van der Waals surface area (Å²) in [5.74, 6) is -0.104. The Morgan fingerprint density at radius 1 is 0.923 bits per heavy atom. The SMILES string of the molecule is COc1cccc(/C=C/C(=O)OCC(=O)c2ccc3ccccc3c2)c1. The van der Waals surface area contributed by atoms with Gasteiger partial charge in [-0.2, -0.15) is 0 Å². The van der Waals surface area contributed by atoms with Gasteiger partial charge in [-0.05, 0) is 40.6 Å². The summed E-state index contributed by atoms with van der Waals surface area (Å²) in [7, 11) is 1.58. The van der Waals surface area contributed by atoms with Gasteiger partial charge < -0.3 is 9.47 Å². The minimum atomic E-state index is -0.568. The molecule has 0 amide bonds. The van der Waals surface area contributed by atoms with Crippen LogP contribution in [-0.4, -0.2) is 25.5 Å². The lowest BCUT2D eigenvalue weighted by molar-refractivity contribution is -0.136. The maximum Gasteiger partial charge on any atom is 0.331 e. The molecular formula is C22H18O4. The van der Waals surface area contributed by atoms with E-state index in [1.807, 2.05) is 48.5 Å². The zero-order valence-corrected chi connectivity index (χ0v) is 14.3. The topological polar surface area (TPSA) is 52.6 Å². The molecule has 26 heavy (non-hydrogen) atoms. The standard InChI is InChI=1S/C22H18O4/c1-25-20-8-4-5-16(13-20)9-12-22(24)26-15-21(23)19-11-10-17-6-2-3-7-18(17)14-19/h2-14H,15H2,1H3/b12-9+. The molecule has 130 valence electrons. The molecule has 4 heteroatoms. The molecule has 0 spiro atoms. The van der Waals surface area contributed by atoms with Crippen LogP contribution in [-0.2, 0) is 9.53 Å². The Kier molecular flexibility index (Phi) is 5.44. The second kappa shape index (κ2) is 8.12. The molecule has 0 unspecified atom stereocenters. The van der Waals surface area contributed by atoms with Crippen molar-refractivity contribution >= 4 is 28.6 Å². The Morgan fingerprint density at radius 3 is 2.54 bits per heavy atom. The van der Waals surface area contributed by atoms with E-state index >= 15 is 0 Å². The molecule has 0 atom stereocenters. The number of ketones is 1. The van der Waals surface area contributed by atoms with Crippen molar-refractivity contribution in [2.75, 3.05) is 13.7 Å². The molecule has 0 aliphatic carbocycles. The van der Waals surface area contributed by atoms with E-state index in [0.717, 1.165) is 16.3 Å². The van der Waals surface area contributed by atoms with Crippen molar-refractivity contribution in [2.24, 2.45) is 0 Å². The van der Waals surface area contributed by atoms with Crippen molar-refractivity contribution in [3.63, 3.8) is 0 Å². The summed E-state index contributed by atoms with van der Waals surface area (Å²) in [6.07, 6.45) is 2.91. The molecule has 3 rings (SSSR count). The van der Waals surface area contributed by atoms with Gasteiger partial charge in [0, 0.05) is 11.6 Å². The minimum absolute atomic E-state index is 0.237. The number of carbonyl (C=O) groups is 2. The monoisotopic (exact) mass is 346 g/mol. The van der Waals surface area contributed by atoms with E-state index < -0.39 is 5.97 Å².